The van der Waals surface area contributed by atoms with Crippen molar-refractivity contribution in [1.29, 1.82) is 0 Å². The highest BCUT2D eigenvalue weighted by Crippen LogP contribution is 2.18. The SMILES string of the molecule is CN(C)C(C)(C)CNC(=O)c1cc(Cl)ncc1Cl. The zero-order chi connectivity index (χ0) is 13.9. The van der Waals surface area contributed by atoms with Gasteiger partial charge in [0, 0.05) is 18.3 Å². The van der Waals surface area contributed by atoms with Gasteiger partial charge in [0.15, 0.2) is 0 Å². The highest BCUT2D eigenvalue weighted by atomic mass is 35.5. The molecule has 0 radical (unpaired) electrons. The summed E-state index contributed by atoms with van der Waals surface area (Å²) >= 11 is 11.7. The molecule has 0 saturated carbocycles. The maximum atomic E-state index is 12.0. The Morgan fingerprint density at radius 1 is 1.44 bits per heavy atom. The van der Waals surface area contributed by atoms with Crippen LogP contribution in [0, 0.1) is 0 Å². The first-order valence-electron chi connectivity index (χ1n) is 5.51. The number of pyridine rings is 1. The summed E-state index contributed by atoms with van der Waals surface area (Å²) < 4.78 is 0. The van der Waals surface area contributed by atoms with Crippen molar-refractivity contribution in [3.8, 4) is 0 Å². The van der Waals surface area contributed by atoms with Gasteiger partial charge in [-0.25, -0.2) is 4.98 Å². The molecule has 0 unspecified atom stereocenters. The van der Waals surface area contributed by atoms with Crippen molar-refractivity contribution < 1.29 is 4.79 Å². The van der Waals surface area contributed by atoms with Gasteiger partial charge in [-0.1, -0.05) is 23.2 Å². The van der Waals surface area contributed by atoms with Crippen molar-refractivity contribution in [2.24, 2.45) is 0 Å². The molecule has 0 aromatic carbocycles. The highest BCUT2D eigenvalue weighted by Gasteiger charge is 2.22. The van der Waals surface area contributed by atoms with Crippen LogP contribution in [0.3, 0.4) is 0 Å². The Morgan fingerprint density at radius 3 is 2.61 bits per heavy atom. The number of nitrogens with zero attached hydrogens (tertiary/aromatic N) is 2. The second kappa shape index (κ2) is 5.87. The standard InChI is InChI=1S/C12H17Cl2N3O/c1-12(2,17(3)4)7-16-11(18)8-5-10(14)15-6-9(8)13/h5-6H,7H2,1-4H3,(H,16,18). The summed E-state index contributed by atoms with van der Waals surface area (Å²) in [6, 6.07) is 1.46. The molecular formula is C12H17Cl2N3O. The summed E-state index contributed by atoms with van der Waals surface area (Å²) in [5.74, 6) is -0.251. The van der Waals surface area contributed by atoms with Gasteiger partial charge in [-0.3, -0.25) is 4.79 Å². The molecule has 0 bridgehead atoms. The van der Waals surface area contributed by atoms with Crippen LogP contribution in [0.2, 0.25) is 10.2 Å². The molecule has 4 nitrogen and oxygen atoms in total. The molecule has 0 atom stereocenters. The second-order valence-electron chi connectivity index (χ2n) is 4.88. The van der Waals surface area contributed by atoms with E-state index < -0.39 is 0 Å². The van der Waals surface area contributed by atoms with E-state index >= 15 is 0 Å². The fourth-order valence-electron chi connectivity index (χ4n) is 1.14. The van der Waals surface area contributed by atoms with E-state index in [1.807, 2.05) is 32.8 Å². The van der Waals surface area contributed by atoms with Gasteiger partial charge in [0.2, 0.25) is 0 Å². The van der Waals surface area contributed by atoms with E-state index in [0.29, 0.717) is 17.1 Å². The largest absolute Gasteiger partial charge is 0.350 e. The van der Waals surface area contributed by atoms with Crippen LogP contribution in [0.5, 0.6) is 0 Å². The average molecular weight is 290 g/mol. The Labute approximate surface area is 117 Å². The van der Waals surface area contributed by atoms with E-state index in [2.05, 4.69) is 10.3 Å². The van der Waals surface area contributed by atoms with Gasteiger partial charge in [0.1, 0.15) is 5.15 Å². The zero-order valence-electron chi connectivity index (χ0n) is 10.9. The molecule has 0 fully saturated rings. The molecule has 0 aliphatic heterocycles. The molecule has 1 aromatic rings. The Kier molecular flexibility index (Phi) is 4.96. The van der Waals surface area contributed by atoms with Crippen molar-refractivity contribution in [3.63, 3.8) is 0 Å². The molecule has 0 spiro atoms. The predicted molar refractivity (Wildman–Crippen MR) is 74.4 cm³/mol. The summed E-state index contributed by atoms with van der Waals surface area (Å²) in [5.41, 5.74) is 0.199. The molecule has 1 heterocycles. The summed E-state index contributed by atoms with van der Waals surface area (Å²) in [6.07, 6.45) is 1.37. The maximum Gasteiger partial charge on any atom is 0.253 e. The minimum Gasteiger partial charge on any atom is -0.350 e. The molecule has 0 aliphatic rings. The fraction of sp³-hybridized carbons (Fsp3) is 0.500. The summed E-state index contributed by atoms with van der Waals surface area (Å²) in [5, 5.41) is 3.38. The molecule has 1 aromatic heterocycles. The Hall–Kier alpha value is -0.840. The van der Waals surface area contributed by atoms with Crippen LogP contribution in [0.15, 0.2) is 12.3 Å². The lowest BCUT2D eigenvalue weighted by molar-refractivity contribution is 0.0919. The average Bonchev–Trinajstić information content (AvgIpc) is 2.29. The number of hydrogen-bond donors (Lipinski definition) is 1. The number of likely N-dealkylation sites (N-methyl/N-ethyl adjacent to an activating group) is 1. The van der Waals surface area contributed by atoms with E-state index in [-0.39, 0.29) is 16.6 Å². The van der Waals surface area contributed by atoms with Gasteiger partial charge in [0.25, 0.3) is 5.91 Å². The zero-order valence-corrected chi connectivity index (χ0v) is 12.4. The molecule has 18 heavy (non-hydrogen) atoms. The van der Waals surface area contributed by atoms with E-state index in [9.17, 15) is 4.79 Å². The monoisotopic (exact) mass is 289 g/mol. The number of carbonyl (C=O) groups is 1. The third-order valence-corrected chi connectivity index (χ3v) is 3.47. The van der Waals surface area contributed by atoms with Crippen molar-refractivity contribution in [2.45, 2.75) is 19.4 Å². The number of aromatic nitrogens is 1. The third-order valence-electron chi connectivity index (χ3n) is 2.96. The molecule has 1 N–H and O–H groups in total. The van der Waals surface area contributed by atoms with E-state index in [1.165, 1.54) is 12.3 Å². The summed E-state index contributed by atoms with van der Waals surface area (Å²) in [7, 11) is 3.92. The lowest BCUT2D eigenvalue weighted by Crippen LogP contribution is -2.48. The topological polar surface area (TPSA) is 45.2 Å². The number of halogens is 2. The Bertz CT molecular complexity index is 447. The lowest BCUT2D eigenvalue weighted by atomic mass is 10.0. The van der Waals surface area contributed by atoms with Crippen LogP contribution in [-0.2, 0) is 0 Å². The Balaban J connectivity index is 2.75. The number of amides is 1. The smallest absolute Gasteiger partial charge is 0.253 e. The first-order valence-corrected chi connectivity index (χ1v) is 6.26. The third kappa shape index (κ3) is 3.83. The maximum absolute atomic E-state index is 12.0. The van der Waals surface area contributed by atoms with Crippen LogP contribution in [0.1, 0.15) is 24.2 Å². The molecule has 0 saturated heterocycles. The van der Waals surface area contributed by atoms with Crippen LogP contribution in [-0.4, -0.2) is 42.0 Å². The summed E-state index contributed by atoms with van der Waals surface area (Å²) in [4.78, 5) is 17.8. The quantitative estimate of drug-likeness (QED) is 0.866. The first kappa shape index (κ1) is 15.2. The van der Waals surface area contributed by atoms with Gasteiger partial charge in [-0.15, -0.1) is 0 Å². The van der Waals surface area contributed by atoms with Crippen molar-refractivity contribution >= 4 is 29.1 Å². The number of hydrogen-bond acceptors (Lipinski definition) is 3. The van der Waals surface area contributed by atoms with Crippen molar-refractivity contribution in [2.75, 3.05) is 20.6 Å². The molecule has 1 rings (SSSR count). The minimum atomic E-state index is -0.251. The van der Waals surface area contributed by atoms with E-state index in [0.717, 1.165) is 0 Å². The summed E-state index contributed by atoms with van der Waals surface area (Å²) in [6.45, 7) is 4.58. The normalized spacial score (nSPS) is 11.7. The van der Waals surface area contributed by atoms with Crippen LogP contribution in [0.25, 0.3) is 0 Å². The molecule has 6 heteroatoms. The fourth-order valence-corrected chi connectivity index (χ4v) is 1.48. The molecular weight excluding hydrogens is 273 g/mol. The minimum absolute atomic E-state index is 0.140. The van der Waals surface area contributed by atoms with Gasteiger partial charge >= 0.3 is 0 Å². The van der Waals surface area contributed by atoms with E-state index in [4.69, 9.17) is 23.2 Å². The van der Waals surface area contributed by atoms with Crippen molar-refractivity contribution in [1.82, 2.24) is 15.2 Å². The van der Waals surface area contributed by atoms with Gasteiger partial charge < -0.3 is 10.2 Å². The molecule has 100 valence electrons. The number of nitrogens with one attached hydrogen (secondary N) is 1. The second-order valence-corrected chi connectivity index (χ2v) is 5.67. The van der Waals surface area contributed by atoms with E-state index in [1.54, 1.807) is 0 Å². The number of carbonyl (C=O) groups excluding carboxylic acids is 1. The molecule has 0 aliphatic carbocycles. The van der Waals surface area contributed by atoms with Gasteiger partial charge in [0.05, 0.1) is 10.6 Å². The van der Waals surface area contributed by atoms with Crippen molar-refractivity contribution in [3.05, 3.63) is 28.0 Å². The van der Waals surface area contributed by atoms with Gasteiger partial charge in [-0.2, -0.15) is 0 Å². The predicted octanol–water partition coefficient (Wildman–Crippen LogP) is 2.46. The van der Waals surface area contributed by atoms with Gasteiger partial charge in [-0.05, 0) is 34.0 Å². The first-order chi connectivity index (χ1) is 8.24. The number of rotatable bonds is 4. The lowest BCUT2D eigenvalue weighted by Gasteiger charge is -2.32. The highest BCUT2D eigenvalue weighted by molar-refractivity contribution is 6.35. The van der Waals surface area contributed by atoms with Crippen LogP contribution < -0.4 is 5.32 Å². The van der Waals surface area contributed by atoms with Crippen LogP contribution in [0.4, 0.5) is 0 Å². The molecule has 1 amide bonds. The Morgan fingerprint density at radius 2 is 2.06 bits per heavy atom. The van der Waals surface area contributed by atoms with Crippen LogP contribution >= 0.6 is 23.2 Å².